The highest BCUT2D eigenvalue weighted by atomic mass is 32.2. The van der Waals surface area contributed by atoms with Crippen molar-refractivity contribution in [3.8, 4) is 0 Å². The van der Waals surface area contributed by atoms with Gasteiger partial charge in [0.05, 0.1) is 4.90 Å². The van der Waals surface area contributed by atoms with Gasteiger partial charge in [-0.3, -0.25) is 0 Å². The van der Waals surface area contributed by atoms with E-state index in [0.29, 0.717) is 17.5 Å². The van der Waals surface area contributed by atoms with Gasteiger partial charge < -0.3 is 5.32 Å². The molecule has 0 aliphatic heterocycles. The first-order chi connectivity index (χ1) is 9.99. The molecule has 0 heterocycles. The molecule has 2 aromatic rings. The van der Waals surface area contributed by atoms with E-state index >= 15 is 0 Å². The van der Waals surface area contributed by atoms with E-state index in [1.165, 1.54) is 0 Å². The third-order valence-corrected chi connectivity index (χ3v) is 4.69. The molecule has 0 atom stereocenters. The van der Waals surface area contributed by atoms with Crippen molar-refractivity contribution in [2.24, 2.45) is 0 Å². The third-order valence-electron chi connectivity index (χ3n) is 3.23. The van der Waals surface area contributed by atoms with E-state index in [0.717, 1.165) is 23.7 Å². The number of nitrogens with one attached hydrogen (secondary N) is 2. The fourth-order valence-electron chi connectivity index (χ4n) is 2.10. The molecule has 0 aliphatic rings. The summed E-state index contributed by atoms with van der Waals surface area (Å²) in [6.07, 6.45) is 0.769. The fourth-order valence-corrected chi connectivity index (χ4v) is 3.21. The molecule has 0 unspecified atom stereocenters. The smallest absolute Gasteiger partial charge is 0.240 e. The standard InChI is InChI=1S/C16H22N2O2S/c1-13(2)17-10-5-11-18-21(19,20)16-9-8-14-6-3-4-7-15(14)12-16/h3-4,6-9,12-13,17-18H,5,10-11H2,1-2H3. The Hall–Kier alpha value is -1.43. The van der Waals surface area contributed by atoms with Gasteiger partial charge in [-0.25, -0.2) is 13.1 Å². The van der Waals surface area contributed by atoms with Gasteiger partial charge in [-0.15, -0.1) is 0 Å². The molecule has 0 spiro atoms. The molecule has 2 N–H and O–H groups in total. The predicted molar refractivity (Wildman–Crippen MR) is 86.9 cm³/mol. The SMILES string of the molecule is CC(C)NCCCNS(=O)(=O)c1ccc2ccccc2c1. The van der Waals surface area contributed by atoms with Crippen molar-refractivity contribution in [3.05, 3.63) is 42.5 Å². The van der Waals surface area contributed by atoms with Crippen molar-refractivity contribution < 1.29 is 8.42 Å². The van der Waals surface area contributed by atoms with Crippen LogP contribution in [0.5, 0.6) is 0 Å². The summed E-state index contributed by atoms with van der Waals surface area (Å²) in [6, 6.07) is 13.4. The van der Waals surface area contributed by atoms with Crippen LogP contribution < -0.4 is 10.0 Å². The zero-order chi connectivity index (χ0) is 15.3. The quantitative estimate of drug-likeness (QED) is 0.773. The number of hydrogen-bond donors (Lipinski definition) is 2. The fraction of sp³-hybridized carbons (Fsp3) is 0.375. The van der Waals surface area contributed by atoms with Crippen molar-refractivity contribution in [1.29, 1.82) is 0 Å². The second-order valence-corrected chi connectivity index (χ2v) is 7.14. The average Bonchev–Trinajstić information content (AvgIpc) is 2.46. The van der Waals surface area contributed by atoms with Crippen molar-refractivity contribution in [2.45, 2.75) is 31.2 Å². The molecule has 0 bridgehead atoms. The first-order valence-electron chi connectivity index (χ1n) is 7.21. The molecule has 2 rings (SSSR count). The van der Waals surface area contributed by atoms with Crippen LogP contribution in [0.25, 0.3) is 10.8 Å². The van der Waals surface area contributed by atoms with Gasteiger partial charge in [0.1, 0.15) is 0 Å². The van der Waals surface area contributed by atoms with Crippen LogP contribution in [0, 0.1) is 0 Å². The Labute approximate surface area is 126 Å². The third kappa shape index (κ3) is 4.52. The maximum absolute atomic E-state index is 12.2. The second kappa shape index (κ2) is 7.02. The van der Waals surface area contributed by atoms with Gasteiger partial charge in [-0.05, 0) is 35.9 Å². The first kappa shape index (κ1) is 15.9. The first-order valence-corrected chi connectivity index (χ1v) is 8.69. The van der Waals surface area contributed by atoms with E-state index in [9.17, 15) is 8.42 Å². The lowest BCUT2D eigenvalue weighted by molar-refractivity contribution is 0.554. The highest BCUT2D eigenvalue weighted by Gasteiger charge is 2.13. The largest absolute Gasteiger partial charge is 0.314 e. The zero-order valence-electron chi connectivity index (χ0n) is 12.5. The Morgan fingerprint density at radius 3 is 2.43 bits per heavy atom. The van der Waals surface area contributed by atoms with Crippen LogP contribution in [0.3, 0.4) is 0 Å². The Morgan fingerprint density at radius 1 is 1.00 bits per heavy atom. The lowest BCUT2D eigenvalue weighted by Gasteiger charge is -2.10. The molecule has 21 heavy (non-hydrogen) atoms. The molecule has 0 saturated heterocycles. The molecule has 5 heteroatoms. The topological polar surface area (TPSA) is 58.2 Å². The normalized spacial score (nSPS) is 12.1. The summed E-state index contributed by atoms with van der Waals surface area (Å²) < 4.78 is 27.1. The minimum absolute atomic E-state index is 0.318. The molecule has 4 nitrogen and oxygen atoms in total. The van der Waals surface area contributed by atoms with Crippen molar-refractivity contribution in [3.63, 3.8) is 0 Å². The van der Waals surface area contributed by atoms with Crippen LogP contribution in [0.15, 0.2) is 47.4 Å². The van der Waals surface area contributed by atoms with Crippen LogP contribution in [0.2, 0.25) is 0 Å². The van der Waals surface area contributed by atoms with Gasteiger partial charge in [0.15, 0.2) is 0 Å². The van der Waals surface area contributed by atoms with E-state index in [-0.39, 0.29) is 0 Å². The maximum atomic E-state index is 12.2. The summed E-state index contributed by atoms with van der Waals surface area (Å²) in [5.41, 5.74) is 0. The number of fused-ring (bicyclic) bond motifs is 1. The van der Waals surface area contributed by atoms with Gasteiger partial charge >= 0.3 is 0 Å². The number of sulfonamides is 1. The number of hydrogen-bond acceptors (Lipinski definition) is 3. The summed E-state index contributed by atoms with van der Waals surface area (Å²) in [5, 5.41) is 5.23. The van der Waals surface area contributed by atoms with Gasteiger partial charge in [-0.1, -0.05) is 44.2 Å². The molecular formula is C16H22N2O2S. The molecule has 114 valence electrons. The second-order valence-electron chi connectivity index (χ2n) is 5.37. The maximum Gasteiger partial charge on any atom is 0.240 e. The highest BCUT2D eigenvalue weighted by molar-refractivity contribution is 7.89. The van der Waals surface area contributed by atoms with Crippen LogP contribution in [-0.4, -0.2) is 27.5 Å². The van der Waals surface area contributed by atoms with Gasteiger partial charge in [0.25, 0.3) is 0 Å². The summed E-state index contributed by atoms with van der Waals surface area (Å²) in [4.78, 5) is 0.318. The molecule has 0 saturated carbocycles. The van der Waals surface area contributed by atoms with E-state index in [1.807, 2.05) is 30.3 Å². The predicted octanol–water partition coefficient (Wildman–Crippen LogP) is 2.51. The minimum Gasteiger partial charge on any atom is -0.314 e. The van der Waals surface area contributed by atoms with E-state index < -0.39 is 10.0 Å². The van der Waals surface area contributed by atoms with Gasteiger partial charge in [-0.2, -0.15) is 0 Å². The Kier molecular flexibility index (Phi) is 5.33. The minimum atomic E-state index is -3.43. The Bertz CT molecular complexity index is 696. The van der Waals surface area contributed by atoms with E-state index in [2.05, 4.69) is 23.9 Å². The Morgan fingerprint density at radius 2 is 1.71 bits per heavy atom. The van der Waals surface area contributed by atoms with E-state index in [1.54, 1.807) is 12.1 Å². The van der Waals surface area contributed by atoms with Gasteiger partial charge in [0, 0.05) is 12.6 Å². The molecular weight excluding hydrogens is 284 g/mol. The molecule has 0 fully saturated rings. The lowest BCUT2D eigenvalue weighted by Crippen LogP contribution is -2.29. The molecule has 0 aromatic heterocycles. The van der Waals surface area contributed by atoms with Gasteiger partial charge in [0.2, 0.25) is 10.0 Å². The molecule has 2 aromatic carbocycles. The summed E-state index contributed by atoms with van der Waals surface area (Å²) in [7, 11) is -3.43. The van der Waals surface area contributed by atoms with Crippen LogP contribution in [0.4, 0.5) is 0 Å². The molecule has 0 aliphatic carbocycles. The average molecular weight is 306 g/mol. The monoisotopic (exact) mass is 306 g/mol. The summed E-state index contributed by atoms with van der Waals surface area (Å²) in [6.45, 7) is 5.38. The zero-order valence-corrected chi connectivity index (χ0v) is 13.3. The van der Waals surface area contributed by atoms with Crippen LogP contribution in [0.1, 0.15) is 20.3 Å². The van der Waals surface area contributed by atoms with Crippen molar-refractivity contribution in [2.75, 3.05) is 13.1 Å². The van der Waals surface area contributed by atoms with Crippen molar-refractivity contribution in [1.82, 2.24) is 10.0 Å². The highest BCUT2D eigenvalue weighted by Crippen LogP contribution is 2.18. The van der Waals surface area contributed by atoms with Crippen LogP contribution >= 0.6 is 0 Å². The lowest BCUT2D eigenvalue weighted by atomic mass is 10.1. The Balaban J connectivity index is 2.00. The van der Waals surface area contributed by atoms with Crippen LogP contribution in [-0.2, 0) is 10.0 Å². The summed E-state index contributed by atoms with van der Waals surface area (Å²) >= 11 is 0. The number of rotatable bonds is 7. The summed E-state index contributed by atoms with van der Waals surface area (Å²) in [5.74, 6) is 0. The number of benzene rings is 2. The molecule has 0 radical (unpaired) electrons. The van der Waals surface area contributed by atoms with Crippen molar-refractivity contribution >= 4 is 20.8 Å². The molecule has 0 amide bonds. The van der Waals surface area contributed by atoms with E-state index in [4.69, 9.17) is 0 Å².